The molecule has 0 radical (unpaired) electrons. The summed E-state index contributed by atoms with van der Waals surface area (Å²) in [5, 5.41) is 12.6. The van der Waals surface area contributed by atoms with E-state index in [1.54, 1.807) is 38.1 Å². The molecule has 0 amide bonds. The first-order valence-electron chi connectivity index (χ1n) is 10.6. The van der Waals surface area contributed by atoms with Crippen LogP contribution in [0.3, 0.4) is 0 Å². The number of anilines is 2. The molecule has 1 fully saturated rings. The molecule has 34 heavy (non-hydrogen) atoms. The predicted molar refractivity (Wildman–Crippen MR) is 124 cm³/mol. The Bertz CT molecular complexity index is 1350. The predicted octanol–water partition coefficient (Wildman–Crippen LogP) is 3.42. The lowest BCUT2D eigenvalue weighted by molar-refractivity contribution is -0.138. The van der Waals surface area contributed by atoms with E-state index in [-0.39, 0.29) is 36.5 Å². The van der Waals surface area contributed by atoms with Crippen molar-refractivity contribution in [2.45, 2.75) is 39.0 Å². The van der Waals surface area contributed by atoms with E-state index in [1.165, 1.54) is 22.8 Å². The van der Waals surface area contributed by atoms with Crippen LogP contribution in [0.25, 0.3) is 0 Å². The van der Waals surface area contributed by atoms with Crippen molar-refractivity contribution in [3.63, 3.8) is 0 Å². The lowest BCUT2D eigenvalue weighted by atomic mass is 10.2. The molecular formula is C23H22ClFN4O5. The molecule has 1 aliphatic rings. The van der Waals surface area contributed by atoms with Crippen molar-refractivity contribution in [1.29, 1.82) is 0 Å². The average molecular weight is 489 g/mol. The minimum atomic E-state index is -1.08. The van der Waals surface area contributed by atoms with Gasteiger partial charge in [0.05, 0.1) is 24.6 Å². The van der Waals surface area contributed by atoms with Gasteiger partial charge < -0.3 is 15.2 Å². The average Bonchev–Trinajstić information content (AvgIpc) is 3.55. The number of halogens is 2. The summed E-state index contributed by atoms with van der Waals surface area (Å²) in [5.41, 5.74) is -0.656. The highest BCUT2D eigenvalue weighted by molar-refractivity contribution is 6.30. The topological polar surface area (TPSA) is 115 Å². The molecule has 1 heterocycles. The molecule has 4 rings (SSSR count). The Kier molecular flexibility index (Phi) is 6.43. The van der Waals surface area contributed by atoms with E-state index >= 15 is 0 Å². The van der Waals surface area contributed by atoms with Gasteiger partial charge in [0.1, 0.15) is 0 Å². The zero-order chi connectivity index (χ0) is 24.6. The van der Waals surface area contributed by atoms with Crippen LogP contribution in [0.4, 0.5) is 16.0 Å². The molecule has 1 aromatic heterocycles. The minimum Gasteiger partial charge on any atom is -0.488 e. The molecule has 1 aliphatic carbocycles. The highest BCUT2D eigenvalue weighted by Gasteiger charge is 2.47. The van der Waals surface area contributed by atoms with Crippen molar-refractivity contribution in [2.24, 2.45) is 5.92 Å². The number of rotatable bonds is 8. The monoisotopic (exact) mass is 488 g/mol. The third-order valence-corrected chi connectivity index (χ3v) is 5.56. The molecule has 178 valence electrons. The minimum absolute atomic E-state index is 0.0209. The molecule has 1 saturated carbocycles. The van der Waals surface area contributed by atoms with Gasteiger partial charge in [0.25, 0.3) is 0 Å². The lowest BCUT2D eigenvalue weighted by Gasteiger charge is -2.16. The molecule has 11 heteroatoms. The number of carboxylic acid groups (broad SMARTS) is 1. The first kappa shape index (κ1) is 23.5. The number of carboxylic acids is 1. The van der Waals surface area contributed by atoms with Gasteiger partial charge >= 0.3 is 17.3 Å². The number of benzene rings is 2. The van der Waals surface area contributed by atoms with Crippen LogP contribution in [0, 0.1) is 11.7 Å². The molecule has 2 aromatic carbocycles. The fourth-order valence-electron chi connectivity index (χ4n) is 3.59. The number of nitrogens with zero attached hydrogens (tertiary/aromatic N) is 3. The second kappa shape index (κ2) is 9.30. The Morgan fingerprint density at radius 2 is 1.97 bits per heavy atom. The van der Waals surface area contributed by atoms with Crippen molar-refractivity contribution in [2.75, 3.05) is 5.32 Å². The summed E-state index contributed by atoms with van der Waals surface area (Å²) in [6.07, 6.45) is -0.0493. The third kappa shape index (κ3) is 4.96. The maximum absolute atomic E-state index is 14.5. The van der Waals surface area contributed by atoms with Crippen molar-refractivity contribution >= 4 is 29.2 Å². The van der Waals surface area contributed by atoms with Gasteiger partial charge in [0.15, 0.2) is 11.6 Å². The Hall–Kier alpha value is -3.66. The summed E-state index contributed by atoms with van der Waals surface area (Å²) in [6.45, 7) is 3.57. The Morgan fingerprint density at radius 1 is 1.26 bits per heavy atom. The third-order valence-electron chi connectivity index (χ3n) is 5.31. The Labute approximate surface area is 198 Å². The first-order chi connectivity index (χ1) is 16.1. The summed E-state index contributed by atoms with van der Waals surface area (Å²) in [7, 11) is 0. The van der Waals surface area contributed by atoms with Crippen molar-refractivity contribution < 1.29 is 19.0 Å². The van der Waals surface area contributed by atoms with Gasteiger partial charge in [-0.15, -0.1) is 0 Å². The standard InChI is InChI=1S/C23H22ClFN4O5/c1-12(2)34-19-8-7-15(9-17(19)25)26-21-27-22(32)29(18-10-16(18)20(30)31)23(33)28(21)11-13-3-5-14(24)6-4-13/h3-9,12,16,18H,10-11H2,1-2H3,(H,30,31)(H,26,27,32)/t16?,18-/m0/s1. The van der Waals surface area contributed by atoms with E-state index in [2.05, 4.69) is 10.3 Å². The van der Waals surface area contributed by atoms with Crippen molar-refractivity contribution in [3.8, 4) is 5.75 Å². The van der Waals surface area contributed by atoms with E-state index in [4.69, 9.17) is 16.3 Å². The maximum atomic E-state index is 14.5. The van der Waals surface area contributed by atoms with Crippen LogP contribution < -0.4 is 21.4 Å². The molecule has 2 N–H and O–H groups in total. The van der Waals surface area contributed by atoms with Gasteiger partial charge in [-0.1, -0.05) is 23.7 Å². The highest BCUT2D eigenvalue weighted by atomic mass is 35.5. The Morgan fingerprint density at radius 3 is 2.56 bits per heavy atom. The largest absolute Gasteiger partial charge is 0.488 e. The number of nitrogens with one attached hydrogen (secondary N) is 1. The fraction of sp³-hybridized carbons (Fsp3) is 0.304. The zero-order valence-corrected chi connectivity index (χ0v) is 19.1. The summed E-state index contributed by atoms with van der Waals surface area (Å²) < 4.78 is 21.9. The van der Waals surface area contributed by atoms with E-state index in [9.17, 15) is 23.9 Å². The van der Waals surface area contributed by atoms with E-state index in [0.29, 0.717) is 10.6 Å². The van der Waals surface area contributed by atoms with Crippen LogP contribution in [0.1, 0.15) is 31.9 Å². The number of ether oxygens (including phenoxy) is 1. The van der Waals surface area contributed by atoms with Gasteiger partial charge in [-0.05, 0) is 50.1 Å². The maximum Gasteiger partial charge on any atom is 0.355 e. The SMILES string of the molecule is CC(C)Oc1ccc(Nc2nc(=O)n([C@H]3CC3C(=O)O)c(=O)n2Cc2ccc(Cl)cc2)cc1F. The number of hydrogen-bond acceptors (Lipinski definition) is 6. The number of aliphatic carboxylic acids is 1. The van der Waals surface area contributed by atoms with Crippen molar-refractivity contribution in [1.82, 2.24) is 14.1 Å². The molecule has 0 aliphatic heterocycles. The van der Waals surface area contributed by atoms with E-state index in [1.807, 2.05) is 0 Å². The van der Waals surface area contributed by atoms with Gasteiger partial charge in [-0.25, -0.2) is 18.5 Å². The summed E-state index contributed by atoms with van der Waals surface area (Å²) >= 11 is 5.95. The number of aromatic nitrogens is 3. The molecule has 1 unspecified atom stereocenters. The fourth-order valence-corrected chi connectivity index (χ4v) is 3.72. The van der Waals surface area contributed by atoms with Crippen LogP contribution in [0.15, 0.2) is 52.1 Å². The smallest absolute Gasteiger partial charge is 0.355 e. The van der Waals surface area contributed by atoms with E-state index < -0.39 is 35.1 Å². The number of hydrogen-bond donors (Lipinski definition) is 2. The van der Waals surface area contributed by atoms with Gasteiger partial charge in [-0.3, -0.25) is 9.36 Å². The quantitative estimate of drug-likeness (QED) is 0.499. The summed E-state index contributed by atoms with van der Waals surface area (Å²) in [6, 6.07) is 10.1. The molecular weight excluding hydrogens is 467 g/mol. The second-order valence-corrected chi connectivity index (χ2v) is 8.70. The molecule has 0 spiro atoms. The molecule has 9 nitrogen and oxygen atoms in total. The van der Waals surface area contributed by atoms with Gasteiger partial charge in [0.2, 0.25) is 5.95 Å². The van der Waals surface area contributed by atoms with Gasteiger partial charge in [0, 0.05) is 16.8 Å². The van der Waals surface area contributed by atoms with Gasteiger partial charge in [-0.2, -0.15) is 4.98 Å². The van der Waals surface area contributed by atoms with E-state index in [0.717, 1.165) is 4.57 Å². The number of carbonyl (C=O) groups is 1. The van der Waals surface area contributed by atoms with Crippen LogP contribution >= 0.6 is 11.6 Å². The molecule has 0 bridgehead atoms. The van der Waals surface area contributed by atoms with Crippen molar-refractivity contribution in [3.05, 3.63) is 79.8 Å². The first-order valence-corrected chi connectivity index (χ1v) is 11.0. The van der Waals surface area contributed by atoms with Crippen LogP contribution in [0.2, 0.25) is 5.02 Å². The van der Waals surface area contributed by atoms with Crippen LogP contribution in [0.5, 0.6) is 5.75 Å². The van der Waals surface area contributed by atoms with Crippen LogP contribution in [-0.4, -0.2) is 31.3 Å². The van der Waals surface area contributed by atoms with Crippen LogP contribution in [-0.2, 0) is 11.3 Å². The summed E-state index contributed by atoms with van der Waals surface area (Å²) in [5.74, 6) is -2.57. The zero-order valence-electron chi connectivity index (χ0n) is 18.4. The summed E-state index contributed by atoms with van der Waals surface area (Å²) in [4.78, 5) is 41.3. The molecule has 3 aromatic rings. The second-order valence-electron chi connectivity index (χ2n) is 8.27. The molecule has 2 atom stereocenters. The highest BCUT2D eigenvalue weighted by Crippen LogP contribution is 2.41. The lowest BCUT2D eigenvalue weighted by Crippen LogP contribution is -2.42. The molecule has 0 saturated heterocycles. The Balaban J connectivity index is 1.74. The normalized spacial score (nSPS) is 17.0.